The van der Waals surface area contributed by atoms with Gasteiger partial charge in [-0.2, -0.15) is 12.6 Å². The maximum absolute atomic E-state index is 11.3. The summed E-state index contributed by atoms with van der Waals surface area (Å²) in [4.78, 5) is 11.3. The second-order valence-electron chi connectivity index (χ2n) is 5.04. The van der Waals surface area contributed by atoms with Gasteiger partial charge in [-0.05, 0) is 38.4 Å². The first kappa shape index (κ1) is 14.8. The van der Waals surface area contributed by atoms with Crippen molar-refractivity contribution in [2.75, 3.05) is 18.9 Å². The van der Waals surface area contributed by atoms with E-state index in [1.165, 1.54) is 25.7 Å². The maximum atomic E-state index is 11.3. The molecule has 0 unspecified atom stereocenters. The highest BCUT2D eigenvalue weighted by Gasteiger charge is 2.28. The second-order valence-corrected chi connectivity index (χ2v) is 5.48. The van der Waals surface area contributed by atoms with E-state index in [1.807, 2.05) is 0 Å². The molecule has 1 saturated carbocycles. The van der Waals surface area contributed by atoms with Gasteiger partial charge in [-0.3, -0.25) is 4.79 Å². The molecule has 0 spiro atoms. The van der Waals surface area contributed by atoms with Crippen molar-refractivity contribution in [3.63, 3.8) is 0 Å². The first-order chi connectivity index (χ1) is 8.16. The third kappa shape index (κ3) is 6.32. The van der Waals surface area contributed by atoms with Crippen molar-refractivity contribution in [3.8, 4) is 0 Å². The van der Waals surface area contributed by atoms with Gasteiger partial charge in [0.05, 0.1) is 5.60 Å². The minimum absolute atomic E-state index is 0.107. The van der Waals surface area contributed by atoms with E-state index < -0.39 is 0 Å². The van der Waals surface area contributed by atoms with E-state index in [4.69, 9.17) is 4.74 Å². The molecule has 1 rings (SSSR count). The molecule has 1 amide bonds. The van der Waals surface area contributed by atoms with Gasteiger partial charge in [-0.15, -0.1) is 0 Å². The van der Waals surface area contributed by atoms with Crippen molar-refractivity contribution >= 4 is 18.5 Å². The lowest BCUT2D eigenvalue weighted by atomic mass is 10.1. The molecule has 1 aliphatic carbocycles. The summed E-state index contributed by atoms with van der Waals surface area (Å²) in [5.41, 5.74) is 0.107. The van der Waals surface area contributed by atoms with Gasteiger partial charge in [0.1, 0.15) is 0 Å². The maximum Gasteiger partial charge on any atom is 0.220 e. The fraction of sp³-hybridized carbons (Fsp3) is 0.923. The molecule has 0 atom stereocenters. The minimum atomic E-state index is 0.107. The number of carbonyl (C=O) groups excluding carboxylic acids is 1. The van der Waals surface area contributed by atoms with E-state index in [0.717, 1.165) is 31.7 Å². The number of ether oxygens (including phenoxy) is 1. The summed E-state index contributed by atoms with van der Waals surface area (Å²) in [5, 5.41) is 2.90. The standard InChI is InChI=1S/C13H25NO2S/c1-13(7-2-3-8-13)16-10-5-9-14-12(15)6-4-11-17/h17H,2-11H2,1H3,(H,14,15). The van der Waals surface area contributed by atoms with Crippen LogP contribution >= 0.6 is 12.6 Å². The van der Waals surface area contributed by atoms with Gasteiger partial charge in [0.15, 0.2) is 0 Å². The molecule has 0 aromatic heterocycles. The average molecular weight is 259 g/mol. The van der Waals surface area contributed by atoms with Crippen LogP contribution in [-0.2, 0) is 9.53 Å². The molecule has 0 bridgehead atoms. The van der Waals surface area contributed by atoms with Crippen molar-refractivity contribution in [2.45, 2.75) is 57.5 Å². The normalized spacial score (nSPS) is 18.2. The summed E-state index contributed by atoms with van der Waals surface area (Å²) in [5.74, 6) is 0.903. The fourth-order valence-electron chi connectivity index (χ4n) is 2.21. The van der Waals surface area contributed by atoms with Gasteiger partial charge in [0, 0.05) is 19.6 Å². The summed E-state index contributed by atoms with van der Waals surface area (Å²) in [6, 6.07) is 0. The average Bonchev–Trinajstić information content (AvgIpc) is 2.73. The number of hydrogen-bond acceptors (Lipinski definition) is 3. The summed E-state index contributed by atoms with van der Waals surface area (Å²) in [7, 11) is 0. The first-order valence-corrected chi connectivity index (χ1v) is 7.31. The Labute approximate surface area is 110 Å². The topological polar surface area (TPSA) is 38.3 Å². The number of nitrogens with one attached hydrogen (secondary N) is 1. The van der Waals surface area contributed by atoms with E-state index in [-0.39, 0.29) is 11.5 Å². The predicted molar refractivity (Wildman–Crippen MR) is 73.5 cm³/mol. The molecule has 1 N–H and O–H groups in total. The van der Waals surface area contributed by atoms with Crippen LogP contribution in [0.2, 0.25) is 0 Å². The van der Waals surface area contributed by atoms with Crippen LogP contribution in [0.25, 0.3) is 0 Å². The van der Waals surface area contributed by atoms with Gasteiger partial charge >= 0.3 is 0 Å². The summed E-state index contributed by atoms with van der Waals surface area (Å²) >= 11 is 4.08. The second kappa shape index (κ2) is 7.98. The Hall–Kier alpha value is -0.220. The molecule has 0 saturated heterocycles. The molecule has 0 aromatic rings. The SMILES string of the molecule is CC1(OCCCNC(=O)CCCS)CCCC1. The van der Waals surface area contributed by atoms with E-state index in [2.05, 4.69) is 24.9 Å². The third-order valence-corrected chi connectivity index (χ3v) is 3.63. The number of thiol groups is 1. The Kier molecular flexibility index (Phi) is 6.97. The Balaban J connectivity index is 1.95. The van der Waals surface area contributed by atoms with E-state index in [1.54, 1.807) is 0 Å². The van der Waals surface area contributed by atoms with Crippen LogP contribution < -0.4 is 5.32 Å². The Bertz CT molecular complexity index is 227. The van der Waals surface area contributed by atoms with Gasteiger partial charge in [0.2, 0.25) is 5.91 Å². The lowest BCUT2D eigenvalue weighted by Gasteiger charge is -2.24. The summed E-state index contributed by atoms with van der Waals surface area (Å²) < 4.78 is 5.89. The molecule has 1 aliphatic rings. The molecular formula is C13H25NO2S. The predicted octanol–water partition coefficient (Wildman–Crippen LogP) is 2.55. The van der Waals surface area contributed by atoms with Crippen LogP contribution in [0.5, 0.6) is 0 Å². The molecule has 100 valence electrons. The third-order valence-electron chi connectivity index (χ3n) is 3.32. The number of carbonyl (C=O) groups is 1. The number of hydrogen-bond donors (Lipinski definition) is 2. The van der Waals surface area contributed by atoms with Crippen LogP contribution in [0.15, 0.2) is 0 Å². The van der Waals surface area contributed by atoms with Crippen molar-refractivity contribution in [1.82, 2.24) is 5.32 Å². The zero-order valence-corrected chi connectivity index (χ0v) is 11.7. The van der Waals surface area contributed by atoms with E-state index in [0.29, 0.717) is 6.42 Å². The summed E-state index contributed by atoms with van der Waals surface area (Å²) in [6.45, 7) is 3.68. The van der Waals surface area contributed by atoms with Gasteiger partial charge < -0.3 is 10.1 Å². The lowest BCUT2D eigenvalue weighted by Crippen LogP contribution is -2.28. The molecule has 4 heteroatoms. The summed E-state index contributed by atoms with van der Waals surface area (Å²) in [6.07, 6.45) is 7.28. The van der Waals surface area contributed by atoms with Crippen LogP contribution in [0.4, 0.5) is 0 Å². The van der Waals surface area contributed by atoms with Gasteiger partial charge in [-0.25, -0.2) is 0 Å². The van der Waals surface area contributed by atoms with Gasteiger partial charge in [-0.1, -0.05) is 12.8 Å². The highest BCUT2D eigenvalue weighted by molar-refractivity contribution is 7.80. The van der Waals surface area contributed by atoms with Crippen LogP contribution in [0.3, 0.4) is 0 Å². The number of rotatable bonds is 8. The molecule has 3 nitrogen and oxygen atoms in total. The Morgan fingerprint density at radius 2 is 2.06 bits per heavy atom. The zero-order chi connectivity index (χ0) is 12.6. The van der Waals surface area contributed by atoms with Crippen molar-refractivity contribution in [3.05, 3.63) is 0 Å². The van der Waals surface area contributed by atoms with Crippen molar-refractivity contribution in [2.24, 2.45) is 0 Å². The zero-order valence-electron chi connectivity index (χ0n) is 10.8. The fourth-order valence-corrected chi connectivity index (χ4v) is 2.37. The highest BCUT2D eigenvalue weighted by Crippen LogP contribution is 2.32. The van der Waals surface area contributed by atoms with E-state index >= 15 is 0 Å². The molecule has 17 heavy (non-hydrogen) atoms. The Morgan fingerprint density at radius 3 is 2.71 bits per heavy atom. The van der Waals surface area contributed by atoms with Crippen LogP contribution in [0, 0.1) is 0 Å². The lowest BCUT2D eigenvalue weighted by molar-refractivity contribution is -0.121. The quantitative estimate of drug-likeness (QED) is 0.519. The van der Waals surface area contributed by atoms with E-state index in [9.17, 15) is 4.79 Å². The molecular weight excluding hydrogens is 234 g/mol. The molecule has 0 aromatic carbocycles. The largest absolute Gasteiger partial charge is 0.375 e. The smallest absolute Gasteiger partial charge is 0.220 e. The van der Waals surface area contributed by atoms with Crippen molar-refractivity contribution in [1.29, 1.82) is 0 Å². The first-order valence-electron chi connectivity index (χ1n) is 6.68. The monoisotopic (exact) mass is 259 g/mol. The minimum Gasteiger partial charge on any atom is -0.375 e. The molecule has 1 fully saturated rings. The molecule has 0 radical (unpaired) electrons. The molecule has 0 aliphatic heterocycles. The number of amides is 1. The van der Waals surface area contributed by atoms with Crippen LogP contribution in [-0.4, -0.2) is 30.4 Å². The Morgan fingerprint density at radius 1 is 1.35 bits per heavy atom. The van der Waals surface area contributed by atoms with Gasteiger partial charge in [0.25, 0.3) is 0 Å². The highest BCUT2D eigenvalue weighted by atomic mass is 32.1. The molecule has 0 heterocycles. The van der Waals surface area contributed by atoms with Crippen LogP contribution in [0.1, 0.15) is 51.9 Å². The van der Waals surface area contributed by atoms with Crippen molar-refractivity contribution < 1.29 is 9.53 Å².